The highest BCUT2D eigenvalue weighted by Crippen LogP contribution is 1.69. The van der Waals surface area contributed by atoms with Crippen molar-refractivity contribution in [3.63, 3.8) is 0 Å². The van der Waals surface area contributed by atoms with E-state index in [-0.39, 0.29) is 0 Å². The number of rotatable bonds is 0. The molecule has 0 N–H and O–H groups in total. The van der Waals surface area contributed by atoms with E-state index in [0.717, 1.165) is 0 Å². The van der Waals surface area contributed by atoms with Gasteiger partial charge in [-0.3, -0.25) is 0 Å². The minimum Gasteiger partial charge on any atom is -0.198 e. The van der Waals surface area contributed by atoms with Crippen LogP contribution in [0.5, 0.6) is 0 Å². The van der Waals surface area contributed by atoms with E-state index in [1.807, 2.05) is 6.07 Å². The average Bonchev–Trinajstić information content (AvgIpc) is 1.37. The van der Waals surface area contributed by atoms with Crippen LogP contribution in [0.15, 0.2) is 0 Å². The van der Waals surface area contributed by atoms with Crippen LogP contribution < -0.4 is 0 Å². The molecule has 0 aromatic rings. The molecule has 2 heteroatoms. The second kappa shape index (κ2) is 2.92. The van der Waals surface area contributed by atoms with Gasteiger partial charge in [-0.05, 0) is 0 Å². The van der Waals surface area contributed by atoms with Gasteiger partial charge in [0.2, 0.25) is 0 Å². The molecule has 0 aliphatic heterocycles. The molecule has 0 radical (unpaired) electrons. The van der Waals surface area contributed by atoms with Crippen molar-refractivity contribution in [2.45, 2.75) is 0 Å². The van der Waals surface area contributed by atoms with Crippen molar-refractivity contribution in [2.75, 3.05) is 6.16 Å². The van der Waals surface area contributed by atoms with Crippen molar-refractivity contribution < 1.29 is 0 Å². The quantitative estimate of drug-likeness (QED) is 0.380. The molecule has 0 aromatic carbocycles. The summed E-state index contributed by atoms with van der Waals surface area (Å²) in [6.07, 6.45) is 0.542. The van der Waals surface area contributed by atoms with Crippen LogP contribution in [-0.4, -0.2) is 6.16 Å². The van der Waals surface area contributed by atoms with Gasteiger partial charge in [-0.2, -0.15) is 5.26 Å². The molecular weight excluding hydrogens is 69.0 g/mol. The van der Waals surface area contributed by atoms with Crippen molar-refractivity contribution in [1.29, 1.82) is 5.26 Å². The highest BCUT2D eigenvalue weighted by atomic mass is 31.0. The van der Waals surface area contributed by atoms with Crippen LogP contribution in [0, 0.1) is 11.3 Å². The first-order valence-electron chi connectivity index (χ1n) is 0.985. The third kappa shape index (κ3) is 1.92. The van der Waals surface area contributed by atoms with Crippen LogP contribution in [-0.2, 0) is 0 Å². The molecule has 1 nitrogen and oxygen atoms in total. The predicted octanol–water partition coefficient (Wildman–Crippen LogP) is 0.385. The Morgan fingerprint density at radius 1 is 2.00 bits per heavy atom. The van der Waals surface area contributed by atoms with Crippen molar-refractivity contribution in [3.05, 3.63) is 0 Å². The molecule has 22 valence electrons. The number of hydrogen-bond donors (Lipinski definition) is 0. The van der Waals surface area contributed by atoms with E-state index in [4.69, 9.17) is 5.26 Å². The fourth-order valence-corrected chi connectivity index (χ4v) is 0. The van der Waals surface area contributed by atoms with Crippen molar-refractivity contribution in [1.82, 2.24) is 0 Å². The molecule has 0 fully saturated rings. The summed E-state index contributed by atoms with van der Waals surface area (Å²) in [7, 11) is 2.29. The normalized spacial score (nSPS) is 5.00. The van der Waals surface area contributed by atoms with Gasteiger partial charge in [0.25, 0.3) is 0 Å². The molecule has 0 aliphatic carbocycles. The van der Waals surface area contributed by atoms with Gasteiger partial charge in [-0.25, -0.2) is 0 Å². The predicted molar refractivity (Wildman–Crippen MR) is 20.2 cm³/mol. The smallest absolute Gasteiger partial charge is 0.0663 e. The maximum Gasteiger partial charge on any atom is 0.0663 e. The van der Waals surface area contributed by atoms with Crippen LogP contribution in [0.4, 0.5) is 0 Å². The summed E-state index contributed by atoms with van der Waals surface area (Å²) >= 11 is 0. The third-order valence-electron chi connectivity index (χ3n) is 0.0913. The molecular formula is C2H4NP. The lowest BCUT2D eigenvalue weighted by Gasteiger charge is -1.47. The van der Waals surface area contributed by atoms with E-state index in [2.05, 4.69) is 9.24 Å². The Morgan fingerprint density at radius 3 is 2.25 bits per heavy atom. The first-order valence-corrected chi connectivity index (χ1v) is 1.80. The topological polar surface area (TPSA) is 23.8 Å². The minimum absolute atomic E-state index is 0.542. The van der Waals surface area contributed by atoms with E-state index in [0.29, 0.717) is 6.16 Å². The summed E-state index contributed by atoms with van der Waals surface area (Å²) < 4.78 is 0. The Morgan fingerprint density at radius 2 is 2.25 bits per heavy atom. The monoisotopic (exact) mass is 73.0 g/mol. The van der Waals surface area contributed by atoms with E-state index in [9.17, 15) is 0 Å². The second-order valence-electron chi connectivity index (χ2n) is 0.362. The Kier molecular flexibility index (Phi) is 2.86. The van der Waals surface area contributed by atoms with Gasteiger partial charge in [0.1, 0.15) is 0 Å². The number of hydrogen-bond acceptors (Lipinski definition) is 1. The molecule has 1 unspecified atom stereocenters. The first kappa shape index (κ1) is 3.92. The van der Waals surface area contributed by atoms with Crippen molar-refractivity contribution in [3.8, 4) is 6.07 Å². The highest BCUT2D eigenvalue weighted by Gasteiger charge is 1.49. The van der Waals surface area contributed by atoms with E-state index < -0.39 is 0 Å². The minimum atomic E-state index is 0.542. The molecule has 0 rings (SSSR count). The molecule has 4 heavy (non-hydrogen) atoms. The van der Waals surface area contributed by atoms with Crippen LogP contribution >= 0.6 is 9.24 Å². The Labute approximate surface area is 27.8 Å². The Balaban J connectivity index is 2.43. The van der Waals surface area contributed by atoms with Gasteiger partial charge in [0.15, 0.2) is 0 Å². The highest BCUT2D eigenvalue weighted by molar-refractivity contribution is 7.16. The Bertz CT molecular complexity index is 35.8. The fraction of sp³-hybridized carbons (Fsp3) is 0.500. The average molecular weight is 73.0 g/mol. The molecule has 0 aliphatic rings. The SMILES string of the molecule is N#CCP. The van der Waals surface area contributed by atoms with Gasteiger partial charge in [-0.1, -0.05) is 0 Å². The van der Waals surface area contributed by atoms with E-state index >= 15 is 0 Å². The molecule has 0 spiro atoms. The first-order chi connectivity index (χ1) is 1.91. The summed E-state index contributed by atoms with van der Waals surface area (Å²) in [5.41, 5.74) is 0. The summed E-state index contributed by atoms with van der Waals surface area (Å²) in [6.45, 7) is 0. The Hall–Kier alpha value is -0.0800. The zero-order valence-corrected chi connectivity index (χ0v) is 3.39. The second-order valence-corrected chi connectivity index (χ2v) is 0.770. The van der Waals surface area contributed by atoms with Crippen LogP contribution in [0.2, 0.25) is 0 Å². The molecule has 1 atom stereocenters. The standard InChI is InChI=1S/C2H4NP/c3-1-2-4/h2,4H2. The van der Waals surface area contributed by atoms with Crippen LogP contribution in [0.25, 0.3) is 0 Å². The lowest BCUT2D eigenvalue weighted by atomic mass is 10.9. The van der Waals surface area contributed by atoms with Crippen LogP contribution in [0.3, 0.4) is 0 Å². The van der Waals surface area contributed by atoms with Gasteiger partial charge in [0, 0.05) is 6.16 Å². The molecule has 0 bridgehead atoms. The van der Waals surface area contributed by atoms with Gasteiger partial charge >= 0.3 is 0 Å². The summed E-state index contributed by atoms with van der Waals surface area (Å²) in [5.74, 6) is 0. The zero-order chi connectivity index (χ0) is 3.41. The summed E-state index contributed by atoms with van der Waals surface area (Å²) in [4.78, 5) is 0. The van der Waals surface area contributed by atoms with Gasteiger partial charge in [0.05, 0.1) is 6.07 Å². The maximum atomic E-state index is 7.60. The lowest BCUT2D eigenvalue weighted by molar-refractivity contribution is 1.50. The van der Waals surface area contributed by atoms with Gasteiger partial charge in [-0.15, -0.1) is 9.24 Å². The molecule has 0 saturated carbocycles. The maximum absolute atomic E-state index is 7.60. The van der Waals surface area contributed by atoms with Crippen LogP contribution in [0.1, 0.15) is 0 Å². The molecule has 0 heterocycles. The summed E-state index contributed by atoms with van der Waals surface area (Å²) in [5, 5.41) is 7.60. The lowest BCUT2D eigenvalue weighted by Crippen LogP contribution is -1.45. The van der Waals surface area contributed by atoms with Gasteiger partial charge < -0.3 is 0 Å². The van der Waals surface area contributed by atoms with Crippen molar-refractivity contribution >= 4 is 9.24 Å². The largest absolute Gasteiger partial charge is 0.198 e. The fourth-order valence-electron chi connectivity index (χ4n) is 0. The van der Waals surface area contributed by atoms with E-state index in [1.54, 1.807) is 0 Å². The number of nitriles is 1. The molecule has 0 saturated heterocycles. The zero-order valence-electron chi connectivity index (χ0n) is 2.23. The number of nitrogens with zero attached hydrogens (tertiary/aromatic N) is 1. The third-order valence-corrected chi connectivity index (χ3v) is 0.274. The molecule has 0 amide bonds. The summed E-state index contributed by atoms with van der Waals surface area (Å²) in [6, 6.07) is 1.89. The van der Waals surface area contributed by atoms with Crippen molar-refractivity contribution in [2.24, 2.45) is 0 Å². The van der Waals surface area contributed by atoms with E-state index in [1.165, 1.54) is 0 Å². The molecule has 0 aromatic heterocycles.